The van der Waals surface area contributed by atoms with Crippen LogP contribution in [0.25, 0.3) is 0 Å². The van der Waals surface area contributed by atoms with Crippen molar-refractivity contribution in [3.05, 3.63) is 0 Å². The molecule has 3 atom stereocenters. The molecule has 1 aliphatic carbocycles. The summed E-state index contributed by atoms with van der Waals surface area (Å²) in [4.78, 5) is 2.57. The van der Waals surface area contributed by atoms with Gasteiger partial charge < -0.3 is 10.6 Å². The van der Waals surface area contributed by atoms with Gasteiger partial charge >= 0.3 is 0 Å². The summed E-state index contributed by atoms with van der Waals surface area (Å²) in [6, 6.07) is 0.737. The highest BCUT2D eigenvalue weighted by atomic mass is 15.2. The van der Waals surface area contributed by atoms with E-state index in [1.165, 1.54) is 13.1 Å². The van der Waals surface area contributed by atoms with Gasteiger partial charge in [0.05, 0.1) is 0 Å². The van der Waals surface area contributed by atoms with E-state index in [4.69, 9.17) is 5.73 Å². The van der Waals surface area contributed by atoms with E-state index in [-0.39, 0.29) is 0 Å². The molecule has 0 spiro atoms. The van der Waals surface area contributed by atoms with Crippen LogP contribution in [0.1, 0.15) is 13.8 Å². The van der Waals surface area contributed by atoms with Crippen molar-refractivity contribution in [1.82, 2.24) is 4.90 Å². The third kappa shape index (κ3) is 1.09. The molecule has 0 aromatic rings. The van der Waals surface area contributed by atoms with E-state index < -0.39 is 0 Å². The van der Waals surface area contributed by atoms with Crippen molar-refractivity contribution in [2.24, 2.45) is 23.5 Å². The van der Waals surface area contributed by atoms with Gasteiger partial charge in [0.2, 0.25) is 0 Å². The molecular formula is C9H18N2. The van der Waals surface area contributed by atoms with Crippen molar-refractivity contribution in [2.45, 2.75) is 19.9 Å². The molecule has 0 bridgehead atoms. The molecule has 2 fully saturated rings. The zero-order chi connectivity index (χ0) is 8.01. The number of hydrogen-bond donors (Lipinski definition) is 1. The fourth-order valence-electron chi connectivity index (χ4n) is 2.45. The second-order valence-electron chi connectivity index (χ2n) is 4.27. The summed E-state index contributed by atoms with van der Waals surface area (Å²) >= 11 is 0. The Morgan fingerprint density at radius 3 is 2.27 bits per heavy atom. The first-order valence-electron chi connectivity index (χ1n) is 4.68. The monoisotopic (exact) mass is 154 g/mol. The SMILES string of the molecule is CC(C)N1C[C@@H]2C(CN)[C@@H]2C1. The fraction of sp³-hybridized carbons (Fsp3) is 1.00. The fourth-order valence-corrected chi connectivity index (χ4v) is 2.45. The minimum absolute atomic E-state index is 0.737. The highest BCUT2D eigenvalue weighted by molar-refractivity contribution is 5.05. The summed E-state index contributed by atoms with van der Waals surface area (Å²) in [7, 11) is 0. The van der Waals surface area contributed by atoms with Gasteiger partial charge in [-0.25, -0.2) is 0 Å². The molecule has 1 unspecified atom stereocenters. The number of likely N-dealkylation sites (tertiary alicyclic amines) is 1. The van der Waals surface area contributed by atoms with Crippen LogP contribution in [0.3, 0.4) is 0 Å². The van der Waals surface area contributed by atoms with Crippen molar-refractivity contribution in [3.63, 3.8) is 0 Å². The van der Waals surface area contributed by atoms with Crippen LogP contribution in [0.15, 0.2) is 0 Å². The highest BCUT2D eigenvalue weighted by Gasteiger charge is 2.54. The highest BCUT2D eigenvalue weighted by Crippen LogP contribution is 2.51. The predicted octanol–water partition coefficient (Wildman–Crippen LogP) is 0.531. The Morgan fingerprint density at radius 2 is 1.91 bits per heavy atom. The van der Waals surface area contributed by atoms with Crippen LogP contribution in [-0.4, -0.2) is 30.6 Å². The number of piperidine rings is 1. The van der Waals surface area contributed by atoms with Crippen LogP contribution in [0.2, 0.25) is 0 Å². The van der Waals surface area contributed by atoms with E-state index in [2.05, 4.69) is 18.7 Å². The molecule has 0 aromatic carbocycles. The zero-order valence-corrected chi connectivity index (χ0v) is 7.46. The first kappa shape index (κ1) is 7.56. The Balaban J connectivity index is 1.85. The lowest BCUT2D eigenvalue weighted by atomic mass is 10.2. The molecule has 1 heterocycles. The Hall–Kier alpha value is -0.0800. The van der Waals surface area contributed by atoms with Gasteiger partial charge in [-0.2, -0.15) is 0 Å². The number of fused-ring (bicyclic) bond motifs is 1. The predicted molar refractivity (Wildman–Crippen MR) is 46.2 cm³/mol. The minimum atomic E-state index is 0.737. The van der Waals surface area contributed by atoms with Crippen molar-refractivity contribution in [3.8, 4) is 0 Å². The molecule has 2 aliphatic rings. The Morgan fingerprint density at radius 1 is 1.36 bits per heavy atom. The van der Waals surface area contributed by atoms with Crippen LogP contribution in [0.4, 0.5) is 0 Å². The van der Waals surface area contributed by atoms with Crippen molar-refractivity contribution in [1.29, 1.82) is 0 Å². The lowest BCUT2D eigenvalue weighted by Crippen LogP contribution is -2.32. The first-order valence-corrected chi connectivity index (χ1v) is 4.68. The molecule has 2 N–H and O–H groups in total. The van der Waals surface area contributed by atoms with E-state index in [1.807, 2.05) is 0 Å². The maximum atomic E-state index is 5.63. The molecule has 1 aliphatic heterocycles. The molecule has 2 nitrogen and oxygen atoms in total. The Kier molecular flexibility index (Phi) is 1.69. The van der Waals surface area contributed by atoms with Gasteiger partial charge in [-0.1, -0.05) is 0 Å². The summed E-state index contributed by atoms with van der Waals surface area (Å²) in [6.45, 7) is 8.10. The second kappa shape index (κ2) is 2.46. The van der Waals surface area contributed by atoms with Gasteiger partial charge in [0.15, 0.2) is 0 Å². The molecule has 0 aromatic heterocycles. The summed E-state index contributed by atoms with van der Waals surface area (Å²) in [5.74, 6) is 2.80. The smallest absolute Gasteiger partial charge is 0.00388 e. The summed E-state index contributed by atoms with van der Waals surface area (Å²) < 4.78 is 0. The maximum absolute atomic E-state index is 5.63. The molecule has 2 rings (SSSR count). The number of nitrogens with zero attached hydrogens (tertiary/aromatic N) is 1. The topological polar surface area (TPSA) is 29.3 Å². The molecule has 1 saturated heterocycles. The molecule has 64 valence electrons. The molecule has 1 saturated carbocycles. The molecule has 0 radical (unpaired) electrons. The maximum Gasteiger partial charge on any atom is 0.00388 e. The largest absolute Gasteiger partial charge is 0.330 e. The average Bonchev–Trinajstić information content (AvgIpc) is 2.41. The standard InChI is InChI=1S/C9H18N2/c1-6(2)11-4-8-7(3-10)9(8)5-11/h6-9H,3-5,10H2,1-2H3/t7?,8-,9+. The molecule has 0 amide bonds. The van der Waals surface area contributed by atoms with Crippen LogP contribution < -0.4 is 5.73 Å². The summed E-state index contributed by atoms with van der Waals surface area (Å²) in [5, 5.41) is 0. The van der Waals surface area contributed by atoms with Gasteiger partial charge in [0.1, 0.15) is 0 Å². The van der Waals surface area contributed by atoms with Crippen molar-refractivity contribution < 1.29 is 0 Å². The third-order valence-corrected chi connectivity index (χ3v) is 3.40. The number of hydrogen-bond acceptors (Lipinski definition) is 2. The quantitative estimate of drug-likeness (QED) is 0.628. The van der Waals surface area contributed by atoms with E-state index in [0.717, 1.165) is 30.3 Å². The van der Waals surface area contributed by atoms with Crippen LogP contribution >= 0.6 is 0 Å². The minimum Gasteiger partial charge on any atom is -0.330 e. The molecular weight excluding hydrogens is 136 g/mol. The van der Waals surface area contributed by atoms with Gasteiger partial charge in [0, 0.05) is 19.1 Å². The van der Waals surface area contributed by atoms with Gasteiger partial charge in [0.25, 0.3) is 0 Å². The van der Waals surface area contributed by atoms with Crippen LogP contribution in [0.5, 0.6) is 0 Å². The third-order valence-electron chi connectivity index (χ3n) is 3.40. The lowest BCUT2D eigenvalue weighted by molar-refractivity contribution is 0.234. The molecule has 2 heteroatoms. The number of nitrogens with two attached hydrogens (primary N) is 1. The normalized spacial score (nSPS) is 43.1. The number of rotatable bonds is 2. The van der Waals surface area contributed by atoms with Gasteiger partial charge in [-0.15, -0.1) is 0 Å². The average molecular weight is 154 g/mol. The van der Waals surface area contributed by atoms with Gasteiger partial charge in [-0.3, -0.25) is 0 Å². The first-order chi connectivity index (χ1) is 5.24. The lowest BCUT2D eigenvalue weighted by Gasteiger charge is -2.22. The van der Waals surface area contributed by atoms with E-state index in [0.29, 0.717) is 0 Å². The Bertz CT molecular complexity index is 144. The van der Waals surface area contributed by atoms with Crippen LogP contribution in [0, 0.1) is 17.8 Å². The molecule has 11 heavy (non-hydrogen) atoms. The Labute approximate surface area is 68.7 Å². The van der Waals surface area contributed by atoms with Crippen LogP contribution in [-0.2, 0) is 0 Å². The van der Waals surface area contributed by atoms with Crippen molar-refractivity contribution in [2.75, 3.05) is 19.6 Å². The summed E-state index contributed by atoms with van der Waals surface area (Å²) in [5.41, 5.74) is 5.63. The zero-order valence-electron chi connectivity index (χ0n) is 7.46. The van der Waals surface area contributed by atoms with Gasteiger partial charge in [-0.05, 0) is 38.1 Å². The van der Waals surface area contributed by atoms with E-state index in [1.54, 1.807) is 0 Å². The second-order valence-corrected chi connectivity index (χ2v) is 4.27. The van der Waals surface area contributed by atoms with E-state index >= 15 is 0 Å². The van der Waals surface area contributed by atoms with E-state index in [9.17, 15) is 0 Å². The van der Waals surface area contributed by atoms with Crippen molar-refractivity contribution >= 4 is 0 Å². The summed E-state index contributed by atoms with van der Waals surface area (Å²) in [6.07, 6.45) is 0.